The van der Waals surface area contributed by atoms with E-state index >= 15 is 0 Å². The third kappa shape index (κ3) is 3.51. The lowest BCUT2D eigenvalue weighted by atomic mass is 10.3. The fourth-order valence-corrected chi connectivity index (χ4v) is 2.46. The van der Waals surface area contributed by atoms with Gasteiger partial charge >= 0.3 is 6.01 Å². The first-order valence-corrected chi connectivity index (χ1v) is 7.17. The highest BCUT2D eigenvalue weighted by Crippen LogP contribution is 2.23. The SMILES string of the molecule is CCNC(C)c1nnc(NC(C)c2ncc(C)s2)o1. The highest BCUT2D eigenvalue weighted by Gasteiger charge is 2.16. The number of rotatable bonds is 6. The minimum atomic E-state index is 0.0569. The molecule has 0 aliphatic heterocycles. The lowest BCUT2D eigenvalue weighted by Gasteiger charge is -2.08. The predicted octanol–water partition coefficient (Wildman–Crippen LogP) is 2.68. The lowest BCUT2D eigenvalue weighted by molar-refractivity contribution is 0.427. The number of aryl methyl sites for hydroxylation is 1. The van der Waals surface area contributed by atoms with E-state index in [0.29, 0.717) is 11.9 Å². The maximum atomic E-state index is 5.58. The molecular weight excluding hydrogens is 262 g/mol. The normalized spacial score (nSPS) is 14.3. The number of hydrogen-bond donors (Lipinski definition) is 2. The zero-order chi connectivity index (χ0) is 13.8. The molecule has 0 bridgehead atoms. The van der Waals surface area contributed by atoms with Crippen LogP contribution in [0.25, 0.3) is 0 Å². The maximum absolute atomic E-state index is 5.58. The molecule has 2 atom stereocenters. The molecule has 0 aromatic carbocycles. The van der Waals surface area contributed by atoms with Crippen LogP contribution >= 0.6 is 11.3 Å². The Kier molecular flexibility index (Phi) is 4.49. The fraction of sp³-hybridized carbons (Fsp3) is 0.583. The number of nitrogens with one attached hydrogen (secondary N) is 2. The van der Waals surface area contributed by atoms with Crippen LogP contribution in [0, 0.1) is 6.92 Å². The Hall–Kier alpha value is -1.47. The first kappa shape index (κ1) is 14.0. The van der Waals surface area contributed by atoms with E-state index in [1.807, 2.05) is 33.9 Å². The van der Waals surface area contributed by atoms with E-state index in [4.69, 9.17) is 4.42 Å². The van der Waals surface area contributed by atoms with Crippen molar-refractivity contribution in [1.29, 1.82) is 0 Å². The molecule has 0 amide bonds. The summed E-state index contributed by atoms with van der Waals surface area (Å²) in [4.78, 5) is 5.53. The van der Waals surface area contributed by atoms with Crippen LogP contribution in [0.4, 0.5) is 6.01 Å². The van der Waals surface area contributed by atoms with Gasteiger partial charge in [-0.2, -0.15) is 0 Å². The molecule has 0 aliphatic carbocycles. The van der Waals surface area contributed by atoms with E-state index in [0.717, 1.165) is 11.6 Å². The van der Waals surface area contributed by atoms with E-state index in [9.17, 15) is 0 Å². The summed E-state index contributed by atoms with van der Waals surface area (Å²) < 4.78 is 5.58. The van der Waals surface area contributed by atoms with Gasteiger partial charge < -0.3 is 15.1 Å². The summed E-state index contributed by atoms with van der Waals surface area (Å²) in [5.41, 5.74) is 0. The quantitative estimate of drug-likeness (QED) is 0.848. The van der Waals surface area contributed by atoms with Gasteiger partial charge in [-0.15, -0.1) is 16.4 Å². The van der Waals surface area contributed by atoms with Crippen molar-refractivity contribution in [1.82, 2.24) is 20.5 Å². The second kappa shape index (κ2) is 6.12. The number of aromatic nitrogens is 3. The first-order valence-electron chi connectivity index (χ1n) is 6.35. The summed E-state index contributed by atoms with van der Waals surface area (Å²) in [5, 5.41) is 15.4. The highest BCUT2D eigenvalue weighted by molar-refractivity contribution is 7.11. The molecule has 0 saturated heterocycles. The van der Waals surface area contributed by atoms with Crippen LogP contribution in [-0.2, 0) is 0 Å². The fourth-order valence-electron chi connectivity index (χ4n) is 1.68. The lowest BCUT2D eigenvalue weighted by Crippen LogP contribution is -2.17. The first-order chi connectivity index (χ1) is 9.10. The summed E-state index contributed by atoms with van der Waals surface area (Å²) >= 11 is 1.66. The second-order valence-corrected chi connectivity index (χ2v) is 5.67. The summed E-state index contributed by atoms with van der Waals surface area (Å²) in [7, 11) is 0. The Morgan fingerprint density at radius 3 is 2.74 bits per heavy atom. The van der Waals surface area contributed by atoms with Crippen molar-refractivity contribution in [3.8, 4) is 0 Å². The summed E-state index contributed by atoms with van der Waals surface area (Å²) in [6, 6.07) is 0.548. The standard InChI is InChI=1S/C12H19N5OS/c1-5-13-8(3)10-16-17-12(18-10)15-9(4)11-14-6-7(2)19-11/h6,8-9,13H,5H2,1-4H3,(H,15,17). The van der Waals surface area contributed by atoms with Crippen LogP contribution in [-0.4, -0.2) is 21.7 Å². The predicted molar refractivity (Wildman–Crippen MR) is 75.3 cm³/mol. The molecule has 0 fully saturated rings. The van der Waals surface area contributed by atoms with Crippen molar-refractivity contribution in [3.63, 3.8) is 0 Å². The Bertz CT molecular complexity index is 524. The molecular formula is C12H19N5OS. The summed E-state index contributed by atoms with van der Waals surface area (Å²) in [6.45, 7) is 8.96. The molecule has 0 saturated carbocycles. The zero-order valence-electron chi connectivity index (χ0n) is 11.6. The van der Waals surface area contributed by atoms with Gasteiger partial charge in [-0.1, -0.05) is 12.0 Å². The molecule has 6 nitrogen and oxygen atoms in total. The van der Waals surface area contributed by atoms with Crippen molar-refractivity contribution in [2.75, 3.05) is 11.9 Å². The van der Waals surface area contributed by atoms with E-state index in [-0.39, 0.29) is 12.1 Å². The van der Waals surface area contributed by atoms with E-state index in [1.54, 1.807) is 11.3 Å². The smallest absolute Gasteiger partial charge is 0.316 e. The molecule has 7 heteroatoms. The number of nitrogens with zero attached hydrogens (tertiary/aromatic N) is 3. The molecule has 0 aliphatic rings. The minimum Gasteiger partial charge on any atom is -0.406 e. The molecule has 2 rings (SSSR count). The van der Waals surface area contributed by atoms with Crippen LogP contribution in [0.5, 0.6) is 0 Å². The third-order valence-corrected chi connectivity index (χ3v) is 3.77. The van der Waals surface area contributed by atoms with Crippen molar-refractivity contribution in [3.05, 3.63) is 22.0 Å². The Morgan fingerprint density at radius 1 is 1.32 bits per heavy atom. The van der Waals surface area contributed by atoms with Gasteiger partial charge in [0, 0.05) is 11.1 Å². The van der Waals surface area contributed by atoms with E-state index < -0.39 is 0 Å². The zero-order valence-corrected chi connectivity index (χ0v) is 12.4. The third-order valence-electron chi connectivity index (χ3n) is 2.67. The van der Waals surface area contributed by atoms with Gasteiger partial charge in [-0.3, -0.25) is 0 Å². The summed E-state index contributed by atoms with van der Waals surface area (Å²) in [5.74, 6) is 0.590. The van der Waals surface area contributed by atoms with Crippen LogP contribution in [0.15, 0.2) is 10.6 Å². The van der Waals surface area contributed by atoms with Crippen molar-refractivity contribution < 1.29 is 4.42 Å². The van der Waals surface area contributed by atoms with E-state index in [2.05, 4.69) is 25.8 Å². The van der Waals surface area contributed by atoms with Gasteiger partial charge in [-0.05, 0) is 27.3 Å². The molecule has 2 heterocycles. The highest BCUT2D eigenvalue weighted by atomic mass is 32.1. The maximum Gasteiger partial charge on any atom is 0.316 e. The molecule has 104 valence electrons. The van der Waals surface area contributed by atoms with Crippen LogP contribution in [0.2, 0.25) is 0 Å². The van der Waals surface area contributed by atoms with Crippen LogP contribution in [0.3, 0.4) is 0 Å². The molecule has 2 aromatic heterocycles. The van der Waals surface area contributed by atoms with Crippen LogP contribution < -0.4 is 10.6 Å². The monoisotopic (exact) mass is 281 g/mol. The summed E-state index contributed by atoms with van der Waals surface area (Å²) in [6.07, 6.45) is 1.87. The number of hydrogen-bond acceptors (Lipinski definition) is 7. The Morgan fingerprint density at radius 2 is 2.11 bits per heavy atom. The number of anilines is 1. The van der Waals surface area contributed by atoms with Gasteiger partial charge in [0.1, 0.15) is 5.01 Å². The second-order valence-electron chi connectivity index (χ2n) is 4.40. The molecule has 0 spiro atoms. The van der Waals surface area contributed by atoms with Gasteiger partial charge in [0.25, 0.3) is 0 Å². The van der Waals surface area contributed by atoms with Gasteiger partial charge in [-0.25, -0.2) is 4.98 Å². The van der Waals surface area contributed by atoms with Crippen molar-refractivity contribution in [2.45, 2.75) is 39.8 Å². The van der Waals surface area contributed by atoms with Gasteiger partial charge in [0.05, 0.1) is 12.1 Å². The van der Waals surface area contributed by atoms with Crippen molar-refractivity contribution >= 4 is 17.4 Å². The number of thiazole rings is 1. The van der Waals surface area contributed by atoms with E-state index in [1.165, 1.54) is 4.88 Å². The topological polar surface area (TPSA) is 75.9 Å². The largest absolute Gasteiger partial charge is 0.406 e. The minimum absolute atomic E-state index is 0.0569. The van der Waals surface area contributed by atoms with Crippen molar-refractivity contribution in [2.24, 2.45) is 0 Å². The molecule has 19 heavy (non-hydrogen) atoms. The van der Waals surface area contributed by atoms with Gasteiger partial charge in [0.2, 0.25) is 5.89 Å². The molecule has 2 N–H and O–H groups in total. The molecule has 2 unspecified atom stereocenters. The Labute approximate surface area is 116 Å². The Balaban J connectivity index is 1.99. The van der Waals surface area contributed by atoms with Crippen LogP contribution in [0.1, 0.15) is 48.6 Å². The van der Waals surface area contributed by atoms with Gasteiger partial charge in [0.15, 0.2) is 0 Å². The average molecular weight is 281 g/mol. The molecule has 2 aromatic rings. The average Bonchev–Trinajstić information content (AvgIpc) is 2.98. The molecule has 0 radical (unpaired) electrons.